The number of aryl methyl sites for hydroxylation is 1. The first kappa shape index (κ1) is 17.6. The summed E-state index contributed by atoms with van der Waals surface area (Å²) < 4.78 is 6.64. The molecule has 5 nitrogen and oxygen atoms in total. The number of carbonyl (C=O) groups is 1. The first-order chi connectivity index (χ1) is 13.2. The van der Waals surface area contributed by atoms with E-state index in [9.17, 15) is 9.59 Å². The average Bonchev–Trinajstić information content (AvgIpc) is 3.03. The number of carbonyl (C=O) groups excluding carboxylic acids is 1. The lowest BCUT2D eigenvalue weighted by Gasteiger charge is -2.32. The molecule has 1 fully saturated rings. The summed E-state index contributed by atoms with van der Waals surface area (Å²) in [6, 6.07) is 17.8. The molecule has 0 bridgehead atoms. The van der Waals surface area contributed by atoms with Gasteiger partial charge in [-0.2, -0.15) is 0 Å². The Kier molecular flexibility index (Phi) is 5.10. The minimum Gasteiger partial charge on any atom is -0.408 e. The number of oxazole rings is 1. The van der Waals surface area contributed by atoms with Gasteiger partial charge in [0.25, 0.3) is 0 Å². The SMILES string of the molecule is O=C(Cn1c(=O)oc2ccccc21)N1CCC(CCc2ccccc2)CC1. The van der Waals surface area contributed by atoms with Gasteiger partial charge in [0.15, 0.2) is 5.58 Å². The number of nitrogens with zero attached hydrogens (tertiary/aromatic N) is 2. The Balaban J connectivity index is 1.32. The quantitative estimate of drug-likeness (QED) is 0.697. The molecule has 0 saturated carbocycles. The molecule has 0 unspecified atom stereocenters. The predicted molar refractivity (Wildman–Crippen MR) is 105 cm³/mol. The van der Waals surface area contributed by atoms with Gasteiger partial charge in [-0.05, 0) is 49.3 Å². The molecule has 0 N–H and O–H groups in total. The Labute approximate surface area is 158 Å². The zero-order valence-electron chi connectivity index (χ0n) is 15.3. The highest BCUT2D eigenvalue weighted by Crippen LogP contribution is 2.23. The van der Waals surface area contributed by atoms with Crippen LogP contribution in [0.2, 0.25) is 0 Å². The monoisotopic (exact) mass is 364 g/mol. The van der Waals surface area contributed by atoms with Crippen LogP contribution in [0.1, 0.15) is 24.8 Å². The maximum Gasteiger partial charge on any atom is 0.420 e. The molecule has 1 aliphatic rings. The molecule has 3 aromatic rings. The summed E-state index contributed by atoms with van der Waals surface area (Å²) >= 11 is 0. The molecular weight excluding hydrogens is 340 g/mol. The fourth-order valence-corrected chi connectivity index (χ4v) is 3.89. The van der Waals surface area contributed by atoms with E-state index in [1.54, 1.807) is 6.07 Å². The van der Waals surface area contributed by atoms with Gasteiger partial charge in [0.05, 0.1) is 5.52 Å². The summed E-state index contributed by atoms with van der Waals surface area (Å²) in [5, 5.41) is 0. The number of hydrogen-bond donors (Lipinski definition) is 0. The molecule has 1 aliphatic heterocycles. The molecule has 0 radical (unpaired) electrons. The van der Waals surface area contributed by atoms with Gasteiger partial charge in [-0.3, -0.25) is 9.36 Å². The largest absolute Gasteiger partial charge is 0.420 e. The smallest absolute Gasteiger partial charge is 0.408 e. The van der Waals surface area contributed by atoms with Crippen LogP contribution in [-0.4, -0.2) is 28.5 Å². The van der Waals surface area contributed by atoms with E-state index >= 15 is 0 Å². The zero-order chi connectivity index (χ0) is 18.6. The van der Waals surface area contributed by atoms with Crippen molar-refractivity contribution in [3.8, 4) is 0 Å². The van der Waals surface area contributed by atoms with Crippen LogP contribution >= 0.6 is 0 Å². The minimum absolute atomic E-state index is 0.00911. The fourth-order valence-electron chi connectivity index (χ4n) is 3.89. The second-order valence-corrected chi connectivity index (χ2v) is 7.27. The Morgan fingerprint density at radius 2 is 1.70 bits per heavy atom. The van der Waals surface area contributed by atoms with E-state index < -0.39 is 5.76 Å². The standard InChI is InChI=1S/C22H24N2O3/c25-21(16-24-19-8-4-5-9-20(19)27-22(24)26)23-14-12-18(13-15-23)11-10-17-6-2-1-3-7-17/h1-9,18H,10-16H2. The zero-order valence-corrected chi connectivity index (χ0v) is 15.3. The predicted octanol–water partition coefficient (Wildman–Crippen LogP) is 3.47. The van der Waals surface area contributed by atoms with Crippen molar-refractivity contribution in [3.05, 3.63) is 70.7 Å². The van der Waals surface area contributed by atoms with Crippen LogP contribution in [0.15, 0.2) is 63.8 Å². The molecule has 1 saturated heterocycles. The topological polar surface area (TPSA) is 55.5 Å². The third-order valence-corrected chi connectivity index (χ3v) is 5.52. The Hall–Kier alpha value is -2.82. The number of hydrogen-bond acceptors (Lipinski definition) is 3. The molecule has 27 heavy (non-hydrogen) atoms. The average molecular weight is 364 g/mol. The van der Waals surface area contributed by atoms with E-state index in [0.717, 1.165) is 38.8 Å². The summed E-state index contributed by atoms with van der Waals surface area (Å²) in [5.41, 5.74) is 2.57. The highest BCUT2D eigenvalue weighted by atomic mass is 16.4. The molecule has 5 heteroatoms. The normalized spacial score (nSPS) is 15.3. The van der Waals surface area contributed by atoms with Crippen molar-refractivity contribution >= 4 is 17.0 Å². The molecule has 4 rings (SSSR count). The lowest BCUT2D eigenvalue weighted by atomic mass is 9.90. The Morgan fingerprint density at radius 3 is 2.48 bits per heavy atom. The van der Waals surface area contributed by atoms with E-state index in [-0.39, 0.29) is 12.5 Å². The maximum atomic E-state index is 12.7. The molecule has 140 valence electrons. The van der Waals surface area contributed by atoms with E-state index in [1.165, 1.54) is 10.1 Å². The third-order valence-electron chi connectivity index (χ3n) is 5.52. The van der Waals surface area contributed by atoms with Gasteiger partial charge in [0.1, 0.15) is 6.54 Å². The van der Waals surface area contributed by atoms with E-state index in [1.807, 2.05) is 29.2 Å². The lowest BCUT2D eigenvalue weighted by molar-refractivity contribution is -0.133. The summed E-state index contributed by atoms with van der Waals surface area (Å²) in [7, 11) is 0. The van der Waals surface area contributed by atoms with Gasteiger partial charge in [-0.15, -0.1) is 0 Å². The molecule has 1 aromatic heterocycles. The number of aromatic nitrogens is 1. The Bertz CT molecular complexity index is 966. The van der Waals surface area contributed by atoms with Crippen molar-refractivity contribution in [2.24, 2.45) is 5.92 Å². The third kappa shape index (κ3) is 3.97. The second kappa shape index (κ2) is 7.82. The number of fused-ring (bicyclic) bond motifs is 1. The highest BCUT2D eigenvalue weighted by molar-refractivity contribution is 5.79. The van der Waals surface area contributed by atoms with Gasteiger partial charge < -0.3 is 9.32 Å². The number of para-hydroxylation sites is 2. The number of likely N-dealkylation sites (tertiary alicyclic amines) is 1. The van der Waals surface area contributed by atoms with Gasteiger partial charge in [-0.25, -0.2) is 4.79 Å². The maximum absolute atomic E-state index is 12.7. The van der Waals surface area contributed by atoms with Crippen LogP contribution in [0.5, 0.6) is 0 Å². The first-order valence-electron chi connectivity index (χ1n) is 9.61. The number of amides is 1. The minimum atomic E-state index is -0.470. The van der Waals surface area contributed by atoms with Crippen LogP contribution in [0.4, 0.5) is 0 Å². The molecular formula is C22H24N2O3. The number of piperidine rings is 1. The molecule has 0 atom stereocenters. The molecule has 0 spiro atoms. The number of benzene rings is 2. The van der Waals surface area contributed by atoms with E-state index in [2.05, 4.69) is 24.3 Å². The van der Waals surface area contributed by atoms with Crippen LogP contribution in [-0.2, 0) is 17.8 Å². The summed E-state index contributed by atoms with van der Waals surface area (Å²) in [4.78, 5) is 26.6. The van der Waals surface area contributed by atoms with Crippen LogP contribution < -0.4 is 5.76 Å². The van der Waals surface area contributed by atoms with Crippen molar-refractivity contribution < 1.29 is 9.21 Å². The fraction of sp³-hybridized carbons (Fsp3) is 0.364. The van der Waals surface area contributed by atoms with Crippen molar-refractivity contribution in [1.82, 2.24) is 9.47 Å². The first-order valence-corrected chi connectivity index (χ1v) is 9.61. The van der Waals surface area contributed by atoms with Gasteiger partial charge in [0.2, 0.25) is 5.91 Å². The summed E-state index contributed by atoms with van der Waals surface area (Å²) in [6.07, 6.45) is 4.31. The van der Waals surface area contributed by atoms with Crippen molar-refractivity contribution in [1.29, 1.82) is 0 Å². The van der Waals surface area contributed by atoms with Gasteiger partial charge in [-0.1, -0.05) is 42.5 Å². The van der Waals surface area contributed by atoms with E-state index in [0.29, 0.717) is 17.0 Å². The van der Waals surface area contributed by atoms with Crippen molar-refractivity contribution in [2.75, 3.05) is 13.1 Å². The van der Waals surface area contributed by atoms with Crippen LogP contribution in [0.25, 0.3) is 11.1 Å². The van der Waals surface area contributed by atoms with Gasteiger partial charge in [0, 0.05) is 13.1 Å². The molecule has 2 aromatic carbocycles. The van der Waals surface area contributed by atoms with Crippen LogP contribution in [0.3, 0.4) is 0 Å². The van der Waals surface area contributed by atoms with Crippen LogP contribution in [0, 0.1) is 5.92 Å². The summed E-state index contributed by atoms with van der Waals surface area (Å²) in [5.74, 6) is 0.180. The van der Waals surface area contributed by atoms with Crippen molar-refractivity contribution in [2.45, 2.75) is 32.2 Å². The van der Waals surface area contributed by atoms with E-state index in [4.69, 9.17) is 4.42 Å². The Morgan fingerprint density at radius 1 is 1.00 bits per heavy atom. The molecule has 0 aliphatic carbocycles. The number of rotatable bonds is 5. The highest BCUT2D eigenvalue weighted by Gasteiger charge is 2.24. The van der Waals surface area contributed by atoms with Crippen molar-refractivity contribution in [3.63, 3.8) is 0 Å². The van der Waals surface area contributed by atoms with Gasteiger partial charge >= 0.3 is 5.76 Å². The summed E-state index contributed by atoms with van der Waals surface area (Å²) in [6.45, 7) is 1.58. The molecule has 1 amide bonds. The molecule has 2 heterocycles. The second-order valence-electron chi connectivity index (χ2n) is 7.27. The lowest BCUT2D eigenvalue weighted by Crippen LogP contribution is -2.41.